The fourth-order valence-electron chi connectivity index (χ4n) is 1.38. The van der Waals surface area contributed by atoms with Crippen LogP contribution < -0.4 is 10.5 Å². The summed E-state index contributed by atoms with van der Waals surface area (Å²) < 4.78 is 32.2. The number of nitrogens with two attached hydrogens (primary N) is 1. The van der Waals surface area contributed by atoms with Crippen molar-refractivity contribution in [3.63, 3.8) is 0 Å². The van der Waals surface area contributed by atoms with Crippen molar-refractivity contribution < 1.29 is 12.8 Å². The summed E-state index contributed by atoms with van der Waals surface area (Å²) >= 11 is 9.02. The van der Waals surface area contributed by atoms with E-state index in [9.17, 15) is 8.42 Å². The minimum absolute atomic E-state index is 0.139. The third-order valence-electron chi connectivity index (χ3n) is 2.28. The molecule has 0 aliphatic heterocycles. The zero-order chi connectivity index (χ0) is 14.0. The molecule has 0 radical (unpaired) electrons. The number of hydrogen-bond donors (Lipinski definition) is 2. The molecule has 0 saturated heterocycles. The van der Waals surface area contributed by atoms with Crippen LogP contribution in [0, 0.1) is 0 Å². The van der Waals surface area contributed by atoms with Crippen molar-refractivity contribution in [3.05, 3.63) is 45.6 Å². The van der Waals surface area contributed by atoms with E-state index < -0.39 is 10.0 Å². The molecular weight excluding hydrogens is 356 g/mol. The molecule has 19 heavy (non-hydrogen) atoms. The SMILES string of the molecule is NCc1ccc(S(=O)(=O)Nc2ccc(Cl)cc2Br)o1. The molecular formula is C11H10BrClN2O3S. The minimum Gasteiger partial charge on any atom is -0.446 e. The Bertz CT molecular complexity index is 700. The summed E-state index contributed by atoms with van der Waals surface area (Å²) in [6, 6.07) is 7.60. The van der Waals surface area contributed by atoms with Gasteiger partial charge in [-0.1, -0.05) is 11.6 Å². The summed E-state index contributed by atoms with van der Waals surface area (Å²) in [5.41, 5.74) is 5.74. The molecule has 5 nitrogen and oxygen atoms in total. The fraction of sp³-hybridized carbons (Fsp3) is 0.0909. The van der Waals surface area contributed by atoms with Gasteiger partial charge in [-0.05, 0) is 46.3 Å². The van der Waals surface area contributed by atoms with E-state index in [0.29, 0.717) is 20.9 Å². The van der Waals surface area contributed by atoms with E-state index in [1.165, 1.54) is 12.1 Å². The molecule has 2 rings (SSSR count). The quantitative estimate of drug-likeness (QED) is 0.872. The van der Waals surface area contributed by atoms with Gasteiger partial charge >= 0.3 is 0 Å². The zero-order valence-electron chi connectivity index (χ0n) is 9.56. The van der Waals surface area contributed by atoms with Crippen molar-refractivity contribution in [2.75, 3.05) is 4.72 Å². The van der Waals surface area contributed by atoms with E-state index in [2.05, 4.69) is 20.7 Å². The lowest BCUT2D eigenvalue weighted by molar-refractivity contribution is 0.417. The van der Waals surface area contributed by atoms with E-state index in [1.807, 2.05) is 0 Å². The van der Waals surface area contributed by atoms with Crippen molar-refractivity contribution in [2.45, 2.75) is 11.6 Å². The Hall–Kier alpha value is -1.02. The van der Waals surface area contributed by atoms with Gasteiger partial charge in [0.25, 0.3) is 10.0 Å². The maximum Gasteiger partial charge on any atom is 0.295 e. The summed E-state index contributed by atoms with van der Waals surface area (Å²) in [5.74, 6) is 0.399. The third kappa shape index (κ3) is 3.30. The van der Waals surface area contributed by atoms with Crippen LogP contribution in [0.4, 0.5) is 5.69 Å². The van der Waals surface area contributed by atoms with Crippen LogP contribution in [0.2, 0.25) is 5.02 Å². The van der Waals surface area contributed by atoms with Crippen molar-refractivity contribution >= 4 is 43.2 Å². The first-order chi connectivity index (χ1) is 8.92. The van der Waals surface area contributed by atoms with E-state index >= 15 is 0 Å². The zero-order valence-corrected chi connectivity index (χ0v) is 12.7. The first-order valence-electron chi connectivity index (χ1n) is 5.19. The van der Waals surface area contributed by atoms with Gasteiger partial charge in [-0.2, -0.15) is 8.42 Å². The number of halogens is 2. The second-order valence-corrected chi connectivity index (χ2v) is 6.56. The van der Waals surface area contributed by atoms with Crippen molar-refractivity contribution in [1.29, 1.82) is 0 Å². The maximum atomic E-state index is 12.1. The molecule has 2 aromatic rings. The summed E-state index contributed by atoms with van der Waals surface area (Å²) in [4.78, 5) is 0. The van der Waals surface area contributed by atoms with Crippen LogP contribution in [0.1, 0.15) is 5.76 Å². The Labute approximate surface area is 123 Å². The van der Waals surface area contributed by atoms with Gasteiger partial charge in [0.2, 0.25) is 5.09 Å². The maximum absolute atomic E-state index is 12.1. The number of sulfonamides is 1. The normalized spacial score (nSPS) is 11.5. The first kappa shape index (κ1) is 14.4. The molecule has 0 spiro atoms. The van der Waals surface area contributed by atoms with Gasteiger partial charge in [0.05, 0.1) is 12.2 Å². The topological polar surface area (TPSA) is 85.3 Å². The smallest absolute Gasteiger partial charge is 0.295 e. The van der Waals surface area contributed by atoms with E-state index in [4.69, 9.17) is 21.8 Å². The fourth-order valence-corrected chi connectivity index (χ4v) is 3.32. The number of hydrogen-bond acceptors (Lipinski definition) is 4. The molecule has 0 bridgehead atoms. The predicted molar refractivity (Wildman–Crippen MR) is 76.6 cm³/mol. The van der Waals surface area contributed by atoms with Crippen molar-refractivity contribution in [2.24, 2.45) is 5.73 Å². The summed E-state index contributed by atoms with van der Waals surface area (Å²) in [5, 5.41) is 0.313. The molecule has 0 saturated carbocycles. The van der Waals surface area contributed by atoms with E-state index in [0.717, 1.165) is 0 Å². The van der Waals surface area contributed by atoms with E-state index in [1.54, 1.807) is 18.2 Å². The molecule has 1 heterocycles. The minimum atomic E-state index is -3.78. The molecule has 0 amide bonds. The monoisotopic (exact) mass is 364 g/mol. The van der Waals surface area contributed by atoms with Crippen LogP contribution in [-0.4, -0.2) is 8.42 Å². The molecule has 102 valence electrons. The second kappa shape index (κ2) is 5.54. The van der Waals surface area contributed by atoms with Crippen molar-refractivity contribution in [3.8, 4) is 0 Å². The lowest BCUT2D eigenvalue weighted by atomic mass is 10.3. The highest BCUT2D eigenvalue weighted by atomic mass is 79.9. The lowest BCUT2D eigenvalue weighted by Crippen LogP contribution is -2.12. The van der Waals surface area contributed by atoms with Crippen LogP contribution in [0.3, 0.4) is 0 Å². The number of anilines is 1. The highest BCUT2D eigenvalue weighted by Gasteiger charge is 2.19. The Morgan fingerprint density at radius 1 is 1.32 bits per heavy atom. The molecule has 0 unspecified atom stereocenters. The van der Waals surface area contributed by atoms with Gasteiger partial charge in [0.1, 0.15) is 5.76 Å². The Morgan fingerprint density at radius 2 is 2.05 bits per heavy atom. The molecule has 0 aliphatic rings. The number of nitrogens with one attached hydrogen (secondary N) is 1. The number of furan rings is 1. The van der Waals surface area contributed by atoms with Crippen LogP contribution >= 0.6 is 27.5 Å². The highest BCUT2D eigenvalue weighted by molar-refractivity contribution is 9.10. The average Bonchev–Trinajstić information content (AvgIpc) is 2.82. The Kier molecular flexibility index (Phi) is 4.19. The van der Waals surface area contributed by atoms with Gasteiger partial charge in [-0.15, -0.1) is 0 Å². The number of benzene rings is 1. The van der Waals surface area contributed by atoms with Crippen LogP contribution in [-0.2, 0) is 16.6 Å². The number of rotatable bonds is 4. The van der Waals surface area contributed by atoms with Gasteiger partial charge in [0.15, 0.2) is 0 Å². The lowest BCUT2D eigenvalue weighted by Gasteiger charge is -2.08. The Morgan fingerprint density at radius 3 is 2.63 bits per heavy atom. The van der Waals surface area contributed by atoms with Gasteiger partial charge in [-0.25, -0.2) is 0 Å². The third-order valence-corrected chi connectivity index (χ3v) is 4.41. The van der Waals surface area contributed by atoms with Crippen molar-refractivity contribution in [1.82, 2.24) is 0 Å². The van der Waals surface area contributed by atoms with Crippen LogP contribution in [0.5, 0.6) is 0 Å². The molecule has 0 fully saturated rings. The van der Waals surface area contributed by atoms with Crippen LogP contribution in [0.15, 0.2) is 44.3 Å². The standard InChI is InChI=1S/C11H10BrClN2O3S/c12-9-5-7(13)1-3-10(9)15-19(16,17)11-4-2-8(6-14)18-11/h1-5,15H,6,14H2. The Balaban J connectivity index is 2.30. The molecule has 3 N–H and O–H groups in total. The predicted octanol–water partition coefficient (Wildman–Crippen LogP) is 2.96. The van der Waals surface area contributed by atoms with Crippen LogP contribution in [0.25, 0.3) is 0 Å². The van der Waals surface area contributed by atoms with Gasteiger partial charge < -0.3 is 10.2 Å². The summed E-state index contributed by atoms with van der Waals surface area (Å²) in [6.45, 7) is 0.139. The summed E-state index contributed by atoms with van der Waals surface area (Å²) in [6.07, 6.45) is 0. The molecule has 1 aromatic carbocycles. The van der Waals surface area contributed by atoms with Gasteiger partial charge in [0, 0.05) is 9.50 Å². The summed E-state index contributed by atoms with van der Waals surface area (Å²) in [7, 11) is -3.78. The molecule has 8 heteroatoms. The largest absolute Gasteiger partial charge is 0.446 e. The molecule has 0 atom stereocenters. The molecule has 0 aliphatic carbocycles. The van der Waals surface area contributed by atoms with Gasteiger partial charge in [-0.3, -0.25) is 4.72 Å². The average molecular weight is 366 g/mol. The first-order valence-corrected chi connectivity index (χ1v) is 7.84. The van der Waals surface area contributed by atoms with E-state index in [-0.39, 0.29) is 11.6 Å². The molecule has 1 aromatic heterocycles. The second-order valence-electron chi connectivity index (χ2n) is 3.65. The highest BCUT2D eigenvalue weighted by Crippen LogP contribution is 2.28.